The lowest BCUT2D eigenvalue weighted by Gasteiger charge is -2.34. The van der Waals surface area contributed by atoms with Crippen molar-refractivity contribution in [3.8, 4) is 0 Å². The molecule has 0 spiro atoms. The van der Waals surface area contributed by atoms with E-state index in [1.807, 2.05) is 6.92 Å². The molecule has 0 aromatic heterocycles. The smallest absolute Gasteiger partial charge is 0.308 e. The van der Waals surface area contributed by atoms with Crippen LogP contribution in [0.3, 0.4) is 0 Å². The van der Waals surface area contributed by atoms with Crippen LogP contribution in [0.1, 0.15) is 34.1 Å². The van der Waals surface area contributed by atoms with Gasteiger partial charge in [0, 0.05) is 31.3 Å². The van der Waals surface area contributed by atoms with Crippen LogP contribution in [0.25, 0.3) is 0 Å². The Morgan fingerprint density at radius 2 is 1.91 bits per heavy atom. The summed E-state index contributed by atoms with van der Waals surface area (Å²) in [6.45, 7) is 2.69. The van der Waals surface area contributed by atoms with Crippen LogP contribution in [0.15, 0.2) is 24.3 Å². The van der Waals surface area contributed by atoms with Crippen molar-refractivity contribution < 1.29 is 19.5 Å². The average Bonchev–Trinajstić information content (AvgIpc) is 2.52. The van der Waals surface area contributed by atoms with Gasteiger partial charge in [-0.3, -0.25) is 14.4 Å². The van der Waals surface area contributed by atoms with Gasteiger partial charge in [0.2, 0.25) is 0 Å². The van der Waals surface area contributed by atoms with E-state index < -0.39 is 11.9 Å². The summed E-state index contributed by atoms with van der Waals surface area (Å²) in [5, 5.41) is 11.7. The van der Waals surface area contributed by atoms with Gasteiger partial charge < -0.3 is 15.3 Å². The van der Waals surface area contributed by atoms with Gasteiger partial charge in [-0.25, -0.2) is 0 Å². The molecular weight excluding hydrogens is 284 g/mol. The van der Waals surface area contributed by atoms with E-state index in [9.17, 15) is 19.5 Å². The molecule has 1 aromatic rings. The second-order valence-corrected chi connectivity index (χ2v) is 5.75. The molecule has 2 rings (SSSR count). The summed E-state index contributed by atoms with van der Waals surface area (Å²) in [7, 11) is 1.53. The van der Waals surface area contributed by atoms with Gasteiger partial charge in [0.05, 0.1) is 5.92 Å². The number of aliphatic carboxylic acids is 1. The van der Waals surface area contributed by atoms with Crippen LogP contribution in [0.5, 0.6) is 0 Å². The van der Waals surface area contributed by atoms with Gasteiger partial charge in [-0.05, 0) is 30.5 Å². The molecule has 0 bridgehead atoms. The number of nitrogens with zero attached hydrogens (tertiary/aromatic N) is 1. The number of carbonyl (C=O) groups is 3. The van der Waals surface area contributed by atoms with Crippen molar-refractivity contribution in [2.75, 3.05) is 20.1 Å². The average molecular weight is 304 g/mol. The Bertz CT molecular complexity index is 600. The minimum absolute atomic E-state index is 0.140. The van der Waals surface area contributed by atoms with Crippen LogP contribution in [0, 0.1) is 11.8 Å². The lowest BCUT2D eigenvalue weighted by Crippen LogP contribution is -2.45. The van der Waals surface area contributed by atoms with Crippen LogP contribution in [0.4, 0.5) is 0 Å². The number of benzene rings is 1. The van der Waals surface area contributed by atoms with Crippen LogP contribution in [-0.2, 0) is 4.79 Å². The molecule has 1 saturated heterocycles. The molecule has 1 aliphatic heterocycles. The third kappa shape index (κ3) is 3.44. The van der Waals surface area contributed by atoms with Crippen molar-refractivity contribution in [1.82, 2.24) is 10.2 Å². The fourth-order valence-electron chi connectivity index (χ4n) is 2.82. The van der Waals surface area contributed by atoms with Gasteiger partial charge in [0.25, 0.3) is 11.8 Å². The maximum Gasteiger partial charge on any atom is 0.308 e. The SMILES string of the molecule is CNC(=O)c1cccc(C(=O)N2CC(C)CC(C(=O)O)C2)c1. The van der Waals surface area contributed by atoms with Gasteiger partial charge in [0.15, 0.2) is 0 Å². The van der Waals surface area contributed by atoms with Crippen molar-refractivity contribution in [2.45, 2.75) is 13.3 Å². The van der Waals surface area contributed by atoms with E-state index in [4.69, 9.17) is 0 Å². The summed E-state index contributed by atoms with van der Waals surface area (Å²) >= 11 is 0. The monoisotopic (exact) mass is 304 g/mol. The molecule has 0 saturated carbocycles. The van der Waals surface area contributed by atoms with Gasteiger partial charge >= 0.3 is 5.97 Å². The lowest BCUT2D eigenvalue weighted by molar-refractivity contribution is -0.143. The number of hydrogen-bond donors (Lipinski definition) is 2. The van der Waals surface area contributed by atoms with E-state index in [0.717, 1.165) is 0 Å². The third-order valence-electron chi connectivity index (χ3n) is 3.89. The van der Waals surface area contributed by atoms with Crippen LogP contribution in [-0.4, -0.2) is 47.9 Å². The van der Waals surface area contributed by atoms with Crippen molar-refractivity contribution in [1.29, 1.82) is 0 Å². The highest BCUT2D eigenvalue weighted by Gasteiger charge is 2.32. The van der Waals surface area contributed by atoms with Crippen molar-refractivity contribution >= 4 is 17.8 Å². The van der Waals surface area contributed by atoms with Gasteiger partial charge in [-0.1, -0.05) is 13.0 Å². The molecule has 6 heteroatoms. The first kappa shape index (κ1) is 16.0. The number of rotatable bonds is 3. The highest BCUT2D eigenvalue weighted by molar-refractivity contribution is 5.99. The quantitative estimate of drug-likeness (QED) is 0.879. The normalized spacial score (nSPS) is 21.3. The van der Waals surface area contributed by atoms with Gasteiger partial charge in [-0.15, -0.1) is 0 Å². The topological polar surface area (TPSA) is 86.7 Å². The zero-order valence-corrected chi connectivity index (χ0v) is 12.7. The van der Waals surface area contributed by atoms with Gasteiger partial charge in [-0.2, -0.15) is 0 Å². The maximum atomic E-state index is 12.6. The molecular formula is C16H20N2O4. The van der Waals surface area contributed by atoms with Crippen molar-refractivity contribution in [3.05, 3.63) is 35.4 Å². The summed E-state index contributed by atoms with van der Waals surface area (Å²) in [6.07, 6.45) is 0.581. The molecule has 1 aromatic carbocycles. The molecule has 0 aliphatic carbocycles. The first-order valence-corrected chi connectivity index (χ1v) is 7.26. The number of carboxylic acid groups (broad SMARTS) is 1. The second-order valence-electron chi connectivity index (χ2n) is 5.75. The number of nitrogens with one attached hydrogen (secondary N) is 1. The molecule has 118 valence electrons. The minimum Gasteiger partial charge on any atom is -0.481 e. The summed E-state index contributed by atoms with van der Waals surface area (Å²) in [4.78, 5) is 37.0. The standard InChI is InChI=1S/C16H20N2O4/c1-10-6-13(16(21)22)9-18(8-10)15(20)12-5-3-4-11(7-12)14(19)17-2/h3-5,7,10,13H,6,8-9H2,1-2H3,(H,17,19)(H,21,22). The molecule has 2 unspecified atom stereocenters. The number of amides is 2. The van der Waals surface area contributed by atoms with Crippen LogP contribution < -0.4 is 5.32 Å². The van der Waals surface area contributed by atoms with E-state index in [2.05, 4.69) is 5.32 Å². The summed E-state index contributed by atoms with van der Waals surface area (Å²) in [5.41, 5.74) is 0.813. The summed E-state index contributed by atoms with van der Waals surface area (Å²) in [5.74, 6) is -1.76. The highest BCUT2D eigenvalue weighted by Crippen LogP contribution is 2.23. The number of carboxylic acids is 1. The van der Waals surface area contributed by atoms with E-state index in [-0.39, 0.29) is 24.3 Å². The predicted molar refractivity (Wildman–Crippen MR) is 80.6 cm³/mol. The molecule has 1 fully saturated rings. The van der Waals surface area contributed by atoms with Crippen LogP contribution >= 0.6 is 0 Å². The summed E-state index contributed by atoms with van der Waals surface area (Å²) < 4.78 is 0. The molecule has 2 N–H and O–H groups in total. The van der Waals surface area contributed by atoms with E-state index >= 15 is 0 Å². The fraction of sp³-hybridized carbons (Fsp3) is 0.438. The Balaban J connectivity index is 2.20. The Labute approximate surface area is 129 Å². The van der Waals surface area contributed by atoms with Crippen LogP contribution in [0.2, 0.25) is 0 Å². The second kappa shape index (κ2) is 6.60. The molecule has 2 amide bonds. The van der Waals surface area contributed by atoms with E-state index in [1.165, 1.54) is 13.1 Å². The zero-order chi connectivity index (χ0) is 16.3. The van der Waals surface area contributed by atoms with E-state index in [0.29, 0.717) is 24.1 Å². The molecule has 1 aliphatic rings. The fourth-order valence-corrected chi connectivity index (χ4v) is 2.82. The summed E-state index contributed by atoms with van der Waals surface area (Å²) in [6, 6.07) is 6.47. The molecule has 6 nitrogen and oxygen atoms in total. The molecule has 1 heterocycles. The van der Waals surface area contributed by atoms with Crippen molar-refractivity contribution in [3.63, 3.8) is 0 Å². The molecule has 22 heavy (non-hydrogen) atoms. The van der Waals surface area contributed by atoms with Gasteiger partial charge in [0.1, 0.15) is 0 Å². The lowest BCUT2D eigenvalue weighted by atomic mass is 9.90. The number of hydrogen-bond acceptors (Lipinski definition) is 3. The molecule has 2 atom stereocenters. The Hall–Kier alpha value is -2.37. The number of likely N-dealkylation sites (tertiary alicyclic amines) is 1. The largest absolute Gasteiger partial charge is 0.481 e. The zero-order valence-electron chi connectivity index (χ0n) is 12.7. The van der Waals surface area contributed by atoms with E-state index in [1.54, 1.807) is 23.1 Å². The van der Waals surface area contributed by atoms with Crippen molar-refractivity contribution in [2.24, 2.45) is 11.8 Å². The first-order valence-electron chi connectivity index (χ1n) is 7.26. The first-order chi connectivity index (χ1) is 10.4. The number of piperidine rings is 1. The predicted octanol–water partition coefficient (Wildman–Crippen LogP) is 1.23. The Morgan fingerprint density at radius 3 is 2.55 bits per heavy atom. The number of carbonyl (C=O) groups excluding carboxylic acids is 2. The molecule has 0 radical (unpaired) electrons. The Morgan fingerprint density at radius 1 is 1.23 bits per heavy atom. The Kier molecular flexibility index (Phi) is 4.80. The third-order valence-corrected chi connectivity index (χ3v) is 3.89. The maximum absolute atomic E-state index is 12.6. The highest BCUT2D eigenvalue weighted by atomic mass is 16.4. The minimum atomic E-state index is -0.872.